The van der Waals surface area contributed by atoms with Gasteiger partial charge in [0.2, 0.25) is 0 Å². The van der Waals surface area contributed by atoms with Gasteiger partial charge in [0.1, 0.15) is 6.61 Å². The minimum absolute atomic E-state index is 0.0642. The minimum atomic E-state index is -4.46. The summed E-state index contributed by atoms with van der Waals surface area (Å²) in [7, 11) is 0. The monoisotopic (exact) mass is 476 g/mol. The Hall–Kier alpha value is -3.17. The number of thiophene rings is 1. The molecule has 33 heavy (non-hydrogen) atoms. The SMILES string of the molecule is O=C(O)CCNCc1ccc(CC=NOCc2ccc(-c3cccs3)c(C(F)(F)F)c2)cc1. The van der Waals surface area contributed by atoms with Gasteiger partial charge in [-0.25, -0.2) is 0 Å². The predicted molar refractivity (Wildman–Crippen MR) is 122 cm³/mol. The molecule has 0 saturated carbocycles. The Morgan fingerprint density at radius 3 is 2.48 bits per heavy atom. The van der Waals surface area contributed by atoms with Crippen molar-refractivity contribution in [1.82, 2.24) is 5.32 Å². The van der Waals surface area contributed by atoms with Gasteiger partial charge in [-0.05, 0) is 34.2 Å². The molecule has 3 aromatic rings. The zero-order valence-corrected chi connectivity index (χ0v) is 18.5. The van der Waals surface area contributed by atoms with Gasteiger partial charge in [0.25, 0.3) is 0 Å². The van der Waals surface area contributed by atoms with Crippen LogP contribution >= 0.6 is 11.3 Å². The summed E-state index contributed by atoms with van der Waals surface area (Å²) < 4.78 is 40.5. The zero-order valence-electron chi connectivity index (χ0n) is 17.6. The van der Waals surface area contributed by atoms with E-state index in [1.165, 1.54) is 17.4 Å². The number of hydrogen-bond donors (Lipinski definition) is 2. The molecular weight excluding hydrogens is 453 g/mol. The number of benzene rings is 2. The summed E-state index contributed by atoms with van der Waals surface area (Å²) in [5, 5.41) is 17.3. The number of nitrogens with zero attached hydrogens (tertiary/aromatic N) is 1. The first kappa shape index (κ1) is 24.5. The van der Waals surface area contributed by atoms with Gasteiger partial charge in [-0.3, -0.25) is 4.79 Å². The lowest BCUT2D eigenvalue weighted by Gasteiger charge is -2.13. The van der Waals surface area contributed by atoms with E-state index in [4.69, 9.17) is 9.94 Å². The van der Waals surface area contributed by atoms with Crippen LogP contribution in [0.25, 0.3) is 10.4 Å². The van der Waals surface area contributed by atoms with Gasteiger partial charge < -0.3 is 15.3 Å². The second-order valence-electron chi connectivity index (χ2n) is 7.26. The first-order valence-electron chi connectivity index (χ1n) is 10.2. The molecule has 0 spiro atoms. The van der Waals surface area contributed by atoms with Gasteiger partial charge in [0, 0.05) is 36.2 Å². The Kier molecular flexibility index (Phi) is 8.62. The van der Waals surface area contributed by atoms with Crippen LogP contribution in [0.2, 0.25) is 0 Å². The minimum Gasteiger partial charge on any atom is -0.481 e. The fourth-order valence-corrected chi connectivity index (χ4v) is 3.86. The molecule has 0 unspecified atom stereocenters. The van der Waals surface area contributed by atoms with Gasteiger partial charge in [0.15, 0.2) is 0 Å². The zero-order chi connectivity index (χ0) is 23.7. The van der Waals surface area contributed by atoms with Crippen molar-refractivity contribution in [2.24, 2.45) is 5.16 Å². The molecule has 0 aliphatic rings. The number of carboxylic acid groups (broad SMARTS) is 1. The number of carboxylic acids is 1. The maximum atomic E-state index is 13.5. The maximum absolute atomic E-state index is 13.5. The summed E-state index contributed by atoms with van der Waals surface area (Å²) >= 11 is 1.26. The Labute approximate surface area is 193 Å². The quantitative estimate of drug-likeness (QED) is 0.210. The molecule has 5 nitrogen and oxygen atoms in total. The van der Waals surface area contributed by atoms with E-state index in [2.05, 4.69) is 10.5 Å². The van der Waals surface area contributed by atoms with Crippen LogP contribution in [0.5, 0.6) is 0 Å². The summed E-state index contributed by atoms with van der Waals surface area (Å²) in [6.45, 7) is 0.920. The molecule has 1 aromatic heterocycles. The van der Waals surface area contributed by atoms with Crippen molar-refractivity contribution in [3.63, 3.8) is 0 Å². The van der Waals surface area contributed by atoms with E-state index < -0.39 is 17.7 Å². The third kappa shape index (κ3) is 7.73. The Morgan fingerprint density at radius 2 is 1.82 bits per heavy atom. The van der Waals surface area contributed by atoms with E-state index in [0.29, 0.717) is 30.0 Å². The molecule has 174 valence electrons. The molecule has 2 N–H and O–H groups in total. The van der Waals surface area contributed by atoms with E-state index in [-0.39, 0.29) is 18.6 Å². The number of carbonyl (C=O) groups is 1. The highest BCUT2D eigenvalue weighted by Crippen LogP contribution is 2.39. The van der Waals surface area contributed by atoms with E-state index in [0.717, 1.165) is 17.2 Å². The molecule has 1 heterocycles. The molecule has 0 aliphatic carbocycles. The van der Waals surface area contributed by atoms with Crippen LogP contribution in [0, 0.1) is 0 Å². The average molecular weight is 477 g/mol. The van der Waals surface area contributed by atoms with Crippen LogP contribution < -0.4 is 5.32 Å². The number of halogens is 3. The number of aliphatic carboxylic acids is 1. The van der Waals surface area contributed by atoms with Gasteiger partial charge in [-0.2, -0.15) is 13.2 Å². The summed E-state index contributed by atoms with van der Waals surface area (Å²) in [6.07, 6.45) is -2.32. The lowest BCUT2D eigenvalue weighted by molar-refractivity contribution is -0.138. The molecule has 0 fully saturated rings. The van der Waals surface area contributed by atoms with Crippen molar-refractivity contribution >= 4 is 23.5 Å². The van der Waals surface area contributed by atoms with Crippen LogP contribution in [0.3, 0.4) is 0 Å². The maximum Gasteiger partial charge on any atom is 0.417 e. The topological polar surface area (TPSA) is 70.9 Å². The molecule has 2 aromatic carbocycles. The van der Waals surface area contributed by atoms with Crippen LogP contribution in [0.1, 0.15) is 28.7 Å². The van der Waals surface area contributed by atoms with Gasteiger partial charge in [0.05, 0.1) is 12.0 Å². The van der Waals surface area contributed by atoms with Gasteiger partial charge >= 0.3 is 12.1 Å². The lowest BCUT2D eigenvalue weighted by atomic mass is 10.0. The largest absolute Gasteiger partial charge is 0.481 e. The molecule has 9 heteroatoms. The normalized spacial score (nSPS) is 11.7. The molecule has 0 saturated heterocycles. The summed E-state index contributed by atoms with van der Waals surface area (Å²) in [5.41, 5.74) is 1.89. The molecule has 0 radical (unpaired) electrons. The van der Waals surface area contributed by atoms with E-state index in [1.54, 1.807) is 29.8 Å². The third-order valence-corrected chi connectivity index (χ3v) is 5.65. The number of hydrogen-bond acceptors (Lipinski definition) is 5. The van der Waals surface area contributed by atoms with Crippen molar-refractivity contribution in [3.05, 3.63) is 82.2 Å². The van der Waals surface area contributed by atoms with Gasteiger partial charge in [-0.1, -0.05) is 47.6 Å². The lowest BCUT2D eigenvalue weighted by Crippen LogP contribution is -2.17. The first-order chi connectivity index (χ1) is 15.8. The highest BCUT2D eigenvalue weighted by Gasteiger charge is 2.34. The van der Waals surface area contributed by atoms with Crippen LogP contribution in [-0.4, -0.2) is 23.8 Å². The van der Waals surface area contributed by atoms with E-state index >= 15 is 0 Å². The number of rotatable bonds is 11. The van der Waals surface area contributed by atoms with Crippen molar-refractivity contribution < 1.29 is 27.9 Å². The first-order valence-corrected chi connectivity index (χ1v) is 11.1. The fourth-order valence-electron chi connectivity index (χ4n) is 3.09. The molecule has 0 bridgehead atoms. The second kappa shape index (κ2) is 11.6. The highest BCUT2D eigenvalue weighted by atomic mass is 32.1. The van der Waals surface area contributed by atoms with E-state index in [9.17, 15) is 18.0 Å². The van der Waals surface area contributed by atoms with Crippen molar-refractivity contribution in [1.29, 1.82) is 0 Å². The van der Waals surface area contributed by atoms with Crippen molar-refractivity contribution in [2.45, 2.75) is 32.2 Å². The fraction of sp³-hybridized carbons (Fsp3) is 0.250. The molecule has 0 amide bonds. The predicted octanol–water partition coefficient (Wildman–Crippen LogP) is 5.74. The standard InChI is InChI=1S/C24H23F3N2O3S/c25-24(26,27)21-14-19(7-8-20(21)22-2-1-13-33-22)16-32-29-12-9-17-3-5-18(6-4-17)15-28-11-10-23(30)31/h1-8,12-14,28H,9-11,15-16H2,(H,30,31). The van der Waals surface area contributed by atoms with Crippen LogP contribution in [-0.2, 0) is 35.4 Å². The molecule has 3 rings (SSSR count). The third-order valence-electron chi connectivity index (χ3n) is 4.75. The summed E-state index contributed by atoms with van der Waals surface area (Å²) in [5.74, 6) is -0.837. The van der Waals surface area contributed by atoms with Crippen molar-refractivity contribution in [2.75, 3.05) is 6.54 Å². The van der Waals surface area contributed by atoms with Crippen LogP contribution in [0.4, 0.5) is 13.2 Å². The van der Waals surface area contributed by atoms with Crippen molar-refractivity contribution in [3.8, 4) is 10.4 Å². The number of alkyl halides is 3. The Balaban J connectivity index is 1.49. The number of oxime groups is 1. The highest BCUT2D eigenvalue weighted by molar-refractivity contribution is 7.13. The number of nitrogens with one attached hydrogen (secondary N) is 1. The molecule has 0 aliphatic heterocycles. The summed E-state index contributed by atoms with van der Waals surface area (Å²) in [4.78, 5) is 16.2. The summed E-state index contributed by atoms with van der Waals surface area (Å²) in [6, 6.07) is 15.3. The molecular formula is C24H23F3N2O3S. The van der Waals surface area contributed by atoms with E-state index in [1.807, 2.05) is 24.3 Å². The Bertz CT molecular complexity index is 1070. The molecule has 0 atom stereocenters. The smallest absolute Gasteiger partial charge is 0.417 e. The average Bonchev–Trinajstić information content (AvgIpc) is 3.31. The van der Waals surface area contributed by atoms with Gasteiger partial charge in [-0.15, -0.1) is 11.3 Å². The second-order valence-corrected chi connectivity index (χ2v) is 8.21. The Morgan fingerprint density at radius 1 is 1.09 bits per heavy atom. The van der Waals surface area contributed by atoms with Crippen LogP contribution in [0.15, 0.2) is 65.1 Å².